The Labute approximate surface area is 132 Å². The van der Waals surface area contributed by atoms with E-state index < -0.39 is 5.63 Å². The van der Waals surface area contributed by atoms with Crippen molar-refractivity contribution in [1.82, 2.24) is 0 Å². The van der Waals surface area contributed by atoms with Gasteiger partial charge in [0.2, 0.25) is 0 Å². The zero-order chi connectivity index (χ0) is 16.4. The van der Waals surface area contributed by atoms with Gasteiger partial charge in [0.15, 0.2) is 0 Å². The van der Waals surface area contributed by atoms with Gasteiger partial charge in [0, 0.05) is 16.5 Å². The highest BCUT2D eigenvalue weighted by atomic mass is 16.4. The molecule has 23 heavy (non-hydrogen) atoms. The predicted octanol–water partition coefficient (Wildman–Crippen LogP) is 3.85. The average Bonchev–Trinajstić information content (AvgIpc) is 2.54. The van der Waals surface area contributed by atoms with Gasteiger partial charge in [-0.2, -0.15) is 5.26 Å². The van der Waals surface area contributed by atoms with Crippen LogP contribution in [0.5, 0.6) is 5.75 Å². The summed E-state index contributed by atoms with van der Waals surface area (Å²) in [7, 11) is 0. The Morgan fingerprint density at radius 1 is 1.17 bits per heavy atom. The fourth-order valence-electron chi connectivity index (χ4n) is 2.42. The molecule has 0 amide bonds. The molecule has 2 aromatic carbocycles. The van der Waals surface area contributed by atoms with Crippen molar-refractivity contribution in [2.75, 3.05) is 0 Å². The Bertz CT molecular complexity index is 1020. The number of hydrogen-bond acceptors (Lipinski definition) is 4. The van der Waals surface area contributed by atoms with Gasteiger partial charge >= 0.3 is 5.63 Å². The van der Waals surface area contributed by atoms with Crippen LogP contribution in [0.4, 0.5) is 0 Å². The number of aryl methyl sites for hydroxylation is 1. The zero-order valence-corrected chi connectivity index (χ0v) is 12.4. The van der Waals surface area contributed by atoms with Gasteiger partial charge in [-0.25, -0.2) is 4.79 Å². The van der Waals surface area contributed by atoms with Crippen LogP contribution >= 0.6 is 0 Å². The van der Waals surface area contributed by atoms with E-state index in [2.05, 4.69) is 0 Å². The molecule has 0 fully saturated rings. The number of para-hydroxylation sites is 1. The molecule has 0 bridgehead atoms. The maximum atomic E-state index is 12.0. The smallest absolute Gasteiger partial charge is 0.354 e. The van der Waals surface area contributed by atoms with Crippen molar-refractivity contribution in [2.24, 2.45) is 0 Å². The molecule has 0 aliphatic carbocycles. The predicted molar refractivity (Wildman–Crippen MR) is 89.0 cm³/mol. The van der Waals surface area contributed by atoms with E-state index in [0.29, 0.717) is 22.1 Å². The maximum Gasteiger partial charge on any atom is 0.354 e. The van der Waals surface area contributed by atoms with Gasteiger partial charge in [-0.1, -0.05) is 42.0 Å². The molecule has 3 rings (SSSR count). The first-order chi connectivity index (χ1) is 11.1. The molecule has 0 unspecified atom stereocenters. The highest BCUT2D eigenvalue weighted by molar-refractivity contribution is 5.92. The number of aromatic hydroxyl groups is 1. The van der Waals surface area contributed by atoms with Gasteiger partial charge in [-0.05, 0) is 25.1 Å². The van der Waals surface area contributed by atoms with Crippen molar-refractivity contribution in [3.05, 3.63) is 75.1 Å². The van der Waals surface area contributed by atoms with Crippen LogP contribution in [0.15, 0.2) is 51.7 Å². The number of phenols is 1. The van der Waals surface area contributed by atoms with E-state index in [1.807, 2.05) is 25.1 Å². The third kappa shape index (κ3) is 2.72. The van der Waals surface area contributed by atoms with E-state index in [9.17, 15) is 15.2 Å². The number of hydrogen-bond donors (Lipinski definition) is 1. The number of rotatable bonds is 2. The fourth-order valence-corrected chi connectivity index (χ4v) is 2.42. The first kappa shape index (κ1) is 14.6. The number of nitriles is 1. The monoisotopic (exact) mass is 303 g/mol. The summed E-state index contributed by atoms with van der Waals surface area (Å²) < 4.78 is 5.19. The number of phenolic OH excluding ortho intramolecular Hbond substituents is 1. The Hall–Kier alpha value is -3.32. The topological polar surface area (TPSA) is 74.2 Å². The van der Waals surface area contributed by atoms with Gasteiger partial charge in [-0.15, -0.1) is 0 Å². The second kappa shape index (κ2) is 5.82. The third-order valence-electron chi connectivity index (χ3n) is 3.58. The normalized spacial score (nSPS) is 11.0. The van der Waals surface area contributed by atoms with E-state index >= 15 is 0 Å². The third-order valence-corrected chi connectivity index (χ3v) is 3.58. The van der Waals surface area contributed by atoms with Crippen molar-refractivity contribution < 1.29 is 9.52 Å². The van der Waals surface area contributed by atoms with E-state index in [1.165, 1.54) is 0 Å². The lowest BCUT2D eigenvalue weighted by atomic mass is 10.0. The van der Waals surface area contributed by atoms with Crippen molar-refractivity contribution in [1.29, 1.82) is 5.26 Å². The van der Waals surface area contributed by atoms with Crippen molar-refractivity contribution in [2.45, 2.75) is 6.92 Å². The summed E-state index contributed by atoms with van der Waals surface area (Å²) in [6.45, 7) is 1.92. The molecule has 0 radical (unpaired) electrons. The largest absolute Gasteiger partial charge is 0.507 e. The molecule has 3 aromatic rings. The van der Waals surface area contributed by atoms with Crippen molar-refractivity contribution in [3.8, 4) is 11.8 Å². The lowest BCUT2D eigenvalue weighted by Crippen LogP contribution is -2.06. The quantitative estimate of drug-likeness (QED) is 0.730. The molecular formula is C19H13NO3. The maximum absolute atomic E-state index is 12.0. The molecule has 4 nitrogen and oxygen atoms in total. The summed E-state index contributed by atoms with van der Waals surface area (Å²) >= 11 is 0. The molecule has 0 atom stereocenters. The first-order valence-corrected chi connectivity index (χ1v) is 7.04. The first-order valence-electron chi connectivity index (χ1n) is 7.04. The number of fused-ring (bicyclic) bond motifs is 1. The van der Waals surface area contributed by atoms with Gasteiger partial charge < -0.3 is 9.52 Å². The van der Waals surface area contributed by atoms with Crippen LogP contribution in [0.1, 0.15) is 22.3 Å². The highest BCUT2D eigenvalue weighted by Crippen LogP contribution is 2.25. The summed E-state index contributed by atoms with van der Waals surface area (Å²) in [6, 6.07) is 14.2. The lowest BCUT2D eigenvalue weighted by molar-refractivity contribution is 0.474. The molecule has 0 aliphatic rings. The Kier molecular flexibility index (Phi) is 3.70. The van der Waals surface area contributed by atoms with E-state index in [1.54, 1.807) is 42.5 Å². The van der Waals surface area contributed by atoms with Crippen LogP contribution in [0.3, 0.4) is 0 Å². The number of nitrogens with zero attached hydrogens (tertiary/aromatic N) is 1. The molecule has 1 N–H and O–H groups in total. The summed E-state index contributed by atoms with van der Waals surface area (Å²) in [5.74, 6) is 0.130. The minimum absolute atomic E-state index is 0.0465. The Balaban J connectivity index is 2.27. The van der Waals surface area contributed by atoms with Crippen LogP contribution in [0.25, 0.3) is 23.1 Å². The minimum Gasteiger partial charge on any atom is -0.507 e. The van der Waals surface area contributed by atoms with Crippen LogP contribution in [0.2, 0.25) is 0 Å². The standard InChI is InChI=1S/C19H13NO3/c1-12-6-9-18-15(10-12)14(16(11-20)19(22)23-18)8-7-13-4-2-3-5-17(13)21/h2-10,21H,1H3. The van der Waals surface area contributed by atoms with Gasteiger partial charge in [-0.3, -0.25) is 0 Å². The summed E-state index contributed by atoms with van der Waals surface area (Å²) in [5, 5.41) is 19.8. The molecule has 0 saturated carbocycles. The minimum atomic E-state index is -0.666. The highest BCUT2D eigenvalue weighted by Gasteiger charge is 2.12. The summed E-state index contributed by atoms with van der Waals surface area (Å²) in [4.78, 5) is 12.0. The fraction of sp³-hybridized carbons (Fsp3) is 0.0526. The van der Waals surface area contributed by atoms with Crippen LogP contribution in [0, 0.1) is 18.3 Å². The molecule has 0 aliphatic heterocycles. The zero-order valence-electron chi connectivity index (χ0n) is 12.4. The SMILES string of the molecule is Cc1ccc2oc(=O)c(C#N)c(C=Cc3ccccc3O)c2c1. The van der Waals surface area contributed by atoms with Crippen LogP contribution in [-0.2, 0) is 0 Å². The lowest BCUT2D eigenvalue weighted by Gasteiger charge is -2.05. The molecule has 0 spiro atoms. The van der Waals surface area contributed by atoms with Gasteiger partial charge in [0.05, 0.1) is 0 Å². The number of benzene rings is 2. The summed E-state index contributed by atoms with van der Waals surface area (Å²) in [6.07, 6.45) is 3.33. The molecule has 0 saturated heterocycles. The second-order valence-corrected chi connectivity index (χ2v) is 5.18. The van der Waals surface area contributed by atoms with Crippen molar-refractivity contribution in [3.63, 3.8) is 0 Å². The molecular weight excluding hydrogens is 290 g/mol. The van der Waals surface area contributed by atoms with Crippen LogP contribution in [-0.4, -0.2) is 5.11 Å². The summed E-state index contributed by atoms with van der Waals surface area (Å²) in [5.41, 5.74) is 1.80. The molecule has 4 heteroatoms. The average molecular weight is 303 g/mol. The van der Waals surface area contributed by atoms with Gasteiger partial charge in [0.25, 0.3) is 0 Å². The van der Waals surface area contributed by atoms with E-state index in [-0.39, 0.29) is 11.3 Å². The van der Waals surface area contributed by atoms with Crippen molar-refractivity contribution >= 4 is 23.1 Å². The van der Waals surface area contributed by atoms with Crippen LogP contribution < -0.4 is 5.63 Å². The molecule has 1 heterocycles. The van der Waals surface area contributed by atoms with Gasteiger partial charge in [0.1, 0.15) is 23.0 Å². The molecule has 112 valence electrons. The van der Waals surface area contributed by atoms with E-state index in [0.717, 1.165) is 5.56 Å². The molecule has 1 aromatic heterocycles. The Morgan fingerprint density at radius 3 is 2.70 bits per heavy atom. The van der Waals surface area contributed by atoms with E-state index in [4.69, 9.17) is 4.42 Å². The second-order valence-electron chi connectivity index (χ2n) is 5.18. The Morgan fingerprint density at radius 2 is 1.96 bits per heavy atom.